The van der Waals surface area contributed by atoms with Gasteiger partial charge < -0.3 is 4.57 Å². The van der Waals surface area contributed by atoms with Crippen LogP contribution in [0.25, 0.3) is 0 Å². The van der Waals surface area contributed by atoms with Gasteiger partial charge in [0.05, 0.1) is 4.49 Å². The first kappa shape index (κ1) is 13.2. The molecule has 1 aromatic carbocycles. The molecule has 0 saturated heterocycles. The van der Waals surface area contributed by atoms with Crippen molar-refractivity contribution in [2.24, 2.45) is 0 Å². The van der Waals surface area contributed by atoms with Crippen LogP contribution in [0.5, 0.6) is 0 Å². The SMILES string of the molecule is CCSC(C)(C)P(=O)(Cl)c1ccccc1. The highest BCUT2D eigenvalue weighted by Crippen LogP contribution is 2.65. The Labute approximate surface area is 101 Å². The van der Waals surface area contributed by atoms with Crippen LogP contribution >= 0.6 is 29.5 Å². The van der Waals surface area contributed by atoms with Crippen LogP contribution in [-0.4, -0.2) is 10.2 Å². The van der Waals surface area contributed by atoms with Crippen molar-refractivity contribution in [1.82, 2.24) is 0 Å². The van der Waals surface area contributed by atoms with Crippen molar-refractivity contribution in [3.05, 3.63) is 30.3 Å². The molecule has 0 radical (unpaired) electrons. The van der Waals surface area contributed by atoms with Crippen molar-refractivity contribution in [3.63, 3.8) is 0 Å². The number of benzene rings is 1. The zero-order chi connectivity index (χ0) is 11.5. The summed E-state index contributed by atoms with van der Waals surface area (Å²) in [6, 6.07) is 9.33. The first-order valence-electron chi connectivity index (χ1n) is 4.91. The lowest BCUT2D eigenvalue weighted by Gasteiger charge is -2.29. The maximum absolute atomic E-state index is 12.6. The monoisotopic (exact) mass is 262 g/mol. The lowest BCUT2D eigenvalue weighted by atomic mass is 10.4. The van der Waals surface area contributed by atoms with Crippen LogP contribution < -0.4 is 5.30 Å². The van der Waals surface area contributed by atoms with E-state index >= 15 is 0 Å². The summed E-state index contributed by atoms with van der Waals surface area (Å²) in [4.78, 5) is 0. The van der Waals surface area contributed by atoms with Gasteiger partial charge in [0.25, 0.3) is 0 Å². The van der Waals surface area contributed by atoms with Crippen LogP contribution in [0.15, 0.2) is 30.3 Å². The quantitative estimate of drug-likeness (QED) is 0.752. The number of hydrogen-bond donors (Lipinski definition) is 0. The van der Waals surface area contributed by atoms with Crippen molar-refractivity contribution < 1.29 is 4.57 Å². The number of thioether (sulfide) groups is 1. The van der Waals surface area contributed by atoms with Crippen LogP contribution in [0.4, 0.5) is 0 Å². The van der Waals surface area contributed by atoms with E-state index in [-0.39, 0.29) is 0 Å². The molecule has 4 heteroatoms. The van der Waals surface area contributed by atoms with Crippen LogP contribution in [-0.2, 0) is 4.57 Å². The minimum Gasteiger partial charge on any atom is -0.300 e. The minimum absolute atomic E-state index is 0.412. The van der Waals surface area contributed by atoms with Crippen LogP contribution in [0.3, 0.4) is 0 Å². The average Bonchev–Trinajstić information content (AvgIpc) is 2.19. The molecule has 0 spiro atoms. The first-order valence-corrected chi connectivity index (χ1v) is 8.51. The molecule has 15 heavy (non-hydrogen) atoms. The highest BCUT2D eigenvalue weighted by Gasteiger charge is 2.40. The molecule has 0 amide bonds. The van der Waals surface area contributed by atoms with Gasteiger partial charge in [0.15, 0.2) is 0 Å². The second-order valence-corrected chi connectivity index (χ2v) is 10.1. The Bertz CT molecular complexity index is 364. The van der Waals surface area contributed by atoms with Crippen molar-refractivity contribution in [1.29, 1.82) is 0 Å². The van der Waals surface area contributed by atoms with Crippen molar-refractivity contribution in [2.45, 2.75) is 25.3 Å². The summed E-state index contributed by atoms with van der Waals surface area (Å²) in [7, 11) is 0. The van der Waals surface area contributed by atoms with E-state index in [0.29, 0.717) is 0 Å². The molecule has 84 valence electrons. The molecule has 0 heterocycles. The third-order valence-electron chi connectivity index (χ3n) is 2.28. The Morgan fingerprint density at radius 2 is 1.87 bits per heavy atom. The molecule has 1 atom stereocenters. The van der Waals surface area contributed by atoms with E-state index in [1.807, 2.05) is 51.1 Å². The summed E-state index contributed by atoms with van der Waals surface area (Å²) in [5.41, 5.74) is 0. The highest BCUT2D eigenvalue weighted by atomic mass is 35.7. The van der Waals surface area contributed by atoms with Crippen molar-refractivity contribution >= 4 is 34.8 Å². The molecule has 0 aliphatic rings. The Balaban J connectivity index is 3.08. The van der Waals surface area contributed by atoms with Gasteiger partial charge in [-0.05, 0) is 30.8 Å². The van der Waals surface area contributed by atoms with Gasteiger partial charge in [0.1, 0.15) is 0 Å². The van der Waals surface area contributed by atoms with Gasteiger partial charge in [-0.15, -0.1) is 11.8 Å². The predicted octanol–water partition coefficient (Wildman–Crippen LogP) is 4.32. The molecular formula is C11H16ClOPS. The van der Waals surface area contributed by atoms with E-state index in [2.05, 4.69) is 0 Å². The normalized spacial score (nSPS) is 16.0. The summed E-state index contributed by atoms with van der Waals surface area (Å²) in [5, 5.41) is 0.748. The molecule has 1 unspecified atom stereocenters. The molecule has 0 aromatic heterocycles. The standard InChI is InChI=1S/C11H16ClOPS/c1-4-15-11(2,3)14(12,13)10-8-6-5-7-9-10/h5-9H,4H2,1-3H3. The van der Waals surface area contributed by atoms with Crippen LogP contribution in [0.1, 0.15) is 20.8 Å². The van der Waals surface area contributed by atoms with E-state index in [0.717, 1.165) is 11.1 Å². The lowest BCUT2D eigenvalue weighted by molar-refractivity contribution is 0.582. The molecule has 0 aliphatic carbocycles. The zero-order valence-corrected chi connectivity index (χ0v) is 11.7. The van der Waals surface area contributed by atoms with Gasteiger partial charge in [-0.2, -0.15) is 0 Å². The number of hydrogen-bond acceptors (Lipinski definition) is 2. The van der Waals surface area contributed by atoms with Crippen molar-refractivity contribution in [2.75, 3.05) is 5.75 Å². The fraction of sp³-hybridized carbons (Fsp3) is 0.455. The second kappa shape index (κ2) is 4.95. The van der Waals surface area contributed by atoms with Gasteiger partial charge in [-0.3, -0.25) is 0 Å². The van der Waals surface area contributed by atoms with Crippen LogP contribution in [0, 0.1) is 0 Å². The Kier molecular flexibility index (Phi) is 4.34. The van der Waals surface area contributed by atoms with Crippen molar-refractivity contribution in [3.8, 4) is 0 Å². The Hall–Kier alpha value is 0.0900. The van der Waals surface area contributed by atoms with E-state index in [1.165, 1.54) is 0 Å². The molecule has 0 aliphatic heterocycles. The molecule has 0 fully saturated rings. The van der Waals surface area contributed by atoms with Gasteiger partial charge >= 0.3 is 0 Å². The highest BCUT2D eigenvalue weighted by molar-refractivity contribution is 8.14. The topological polar surface area (TPSA) is 17.1 Å². The average molecular weight is 263 g/mol. The van der Waals surface area contributed by atoms with E-state index in [9.17, 15) is 4.57 Å². The number of halogens is 1. The maximum Gasteiger partial charge on any atom is 0.212 e. The second-order valence-electron chi connectivity index (χ2n) is 3.75. The van der Waals surface area contributed by atoms with Gasteiger partial charge in [0.2, 0.25) is 6.49 Å². The fourth-order valence-electron chi connectivity index (χ4n) is 1.37. The molecule has 1 aromatic rings. The molecule has 1 nitrogen and oxygen atoms in total. The fourth-order valence-corrected chi connectivity index (χ4v) is 5.40. The van der Waals surface area contributed by atoms with Gasteiger partial charge in [-0.25, -0.2) is 0 Å². The summed E-state index contributed by atoms with van der Waals surface area (Å²) >= 11 is 7.91. The molecular weight excluding hydrogens is 247 g/mol. The van der Waals surface area contributed by atoms with E-state index in [1.54, 1.807) is 11.8 Å². The summed E-state index contributed by atoms with van der Waals surface area (Å²) in [6.07, 6.45) is 0. The third-order valence-corrected chi connectivity index (χ3v) is 8.93. The summed E-state index contributed by atoms with van der Waals surface area (Å²) in [5.74, 6) is 0.913. The molecule has 1 rings (SSSR count). The summed E-state index contributed by atoms with van der Waals surface area (Å²) < 4.78 is 12.2. The Morgan fingerprint density at radius 3 is 2.33 bits per heavy atom. The Morgan fingerprint density at radius 1 is 1.33 bits per heavy atom. The third kappa shape index (κ3) is 2.81. The van der Waals surface area contributed by atoms with Crippen LogP contribution in [0.2, 0.25) is 0 Å². The maximum atomic E-state index is 12.6. The predicted molar refractivity (Wildman–Crippen MR) is 71.7 cm³/mol. The lowest BCUT2D eigenvalue weighted by Crippen LogP contribution is -2.20. The van der Waals surface area contributed by atoms with E-state index in [4.69, 9.17) is 11.2 Å². The van der Waals surface area contributed by atoms with Gasteiger partial charge in [-0.1, -0.05) is 37.3 Å². The smallest absolute Gasteiger partial charge is 0.212 e. The van der Waals surface area contributed by atoms with Gasteiger partial charge in [0, 0.05) is 5.30 Å². The first-order chi connectivity index (χ1) is 6.92. The summed E-state index contributed by atoms with van der Waals surface area (Å²) in [6.45, 7) is 3.11. The molecule has 0 bridgehead atoms. The zero-order valence-electron chi connectivity index (χ0n) is 9.24. The molecule has 0 N–H and O–H groups in total. The van der Waals surface area contributed by atoms with E-state index < -0.39 is 11.0 Å². The largest absolute Gasteiger partial charge is 0.300 e. The molecule has 0 saturated carbocycles. The number of rotatable bonds is 4. The minimum atomic E-state index is -2.83.